The number of carbonyl (C=O) groups excluding carboxylic acids is 1. The number of hydrogen-bond acceptors (Lipinski definition) is 1. The van der Waals surface area contributed by atoms with Crippen molar-refractivity contribution in [3.8, 4) is 0 Å². The molecule has 1 aromatic carbocycles. The van der Waals surface area contributed by atoms with E-state index in [-0.39, 0.29) is 11.3 Å². The molecule has 0 saturated heterocycles. The molecule has 0 radical (unpaired) electrons. The predicted octanol–water partition coefficient (Wildman–Crippen LogP) is 4.41. The van der Waals surface area contributed by atoms with Crippen molar-refractivity contribution in [2.24, 2.45) is 5.41 Å². The van der Waals surface area contributed by atoms with Crippen LogP contribution in [0.15, 0.2) is 18.2 Å². The van der Waals surface area contributed by atoms with Crippen LogP contribution in [-0.2, 0) is 4.79 Å². The average Bonchev–Trinajstić information content (AvgIpc) is 2.23. The summed E-state index contributed by atoms with van der Waals surface area (Å²) in [5.41, 5.74) is 1.43. The SMILES string of the molecule is CCCC(C)(C)C(=O)Nc1ccc(C)c(Cl)c1. The van der Waals surface area contributed by atoms with Gasteiger partial charge in [-0.15, -0.1) is 0 Å². The van der Waals surface area contributed by atoms with E-state index in [9.17, 15) is 4.79 Å². The van der Waals surface area contributed by atoms with Crippen LogP contribution in [0, 0.1) is 12.3 Å². The Morgan fingerprint density at radius 2 is 2.06 bits per heavy atom. The molecule has 0 aliphatic heterocycles. The smallest absolute Gasteiger partial charge is 0.230 e. The summed E-state index contributed by atoms with van der Waals surface area (Å²) in [6, 6.07) is 5.57. The second-order valence-corrected chi connectivity index (χ2v) is 5.46. The van der Waals surface area contributed by atoms with Gasteiger partial charge in [0.25, 0.3) is 0 Å². The van der Waals surface area contributed by atoms with E-state index in [4.69, 9.17) is 11.6 Å². The van der Waals surface area contributed by atoms with Gasteiger partial charge in [-0.2, -0.15) is 0 Å². The van der Waals surface area contributed by atoms with Gasteiger partial charge in [0.2, 0.25) is 5.91 Å². The van der Waals surface area contributed by atoms with Crippen LogP contribution in [0.25, 0.3) is 0 Å². The van der Waals surface area contributed by atoms with E-state index >= 15 is 0 Å². The molecule has 0 bridgehead atoms. The molecule has 3 heteroatoms. The Labute approximate surface area is 108 Å². The van der Waals surface area contributed by atoms with Gasteiger partial charge in [0.15, 0.2) is 0 Å². The van der Waals surface area contributed by atoms with Crippen molar-refractivity contribution in [1.82, 2.24) is 0 Å². The van der Waals surface area contributed by atoms with E-state index < -0.39 is 0 Å². The lowest BCUT2D eigenvalue weighted by Crippen LogP contribution is -2.30. The maximum Gasteiger partial charge on any atom is 0.230 e. The zero-order chi connectivity index (χ0) is 13.1. The van der Waals surface area contributed by atoms with Crippen molar-refractivity contribution in [2.45, 2.75) is 40.5 Å². The fraction of sp³-hybridized carbons (Fsp3) is 0.500. The van der Waals surface area contributed by atoms with Gasteiger partial charge in [-0.05, 0) is 31.0 Å². The number of hydrogen-bond donors (Lipinski definition) is 1. The van der Waals surface area contributed by atoms with Gasteiger partial charge >= 0.3 is 0 Å². The summed E-state index contributed by atoms with van der Waals surface area (Å²) >= 11 is 6.02. The number of amides is 1. The van der Waals surface area contributed by atoms with Crippen molar-refractivity contribution >= 4 is 23.2 Å². The summed E-state index contributed by atoms with van der Waals surface area (Å²) in [4.78, 5) is 12.1. The summed E-state index contributed by atoms with van der Waals surface area (Å²) in [6.07, 6.45) is 1.87. The fourth-order valence-corrected chi connectivity index (χ4v) is 1.89. The first-order chi connectivity index (χ1) is 7.86. The molecule has 1 N–H and O–H groups in total. The quantitative estimate of drug-likeness (QED) is 0.846. The third-order valence-electron chi connectivity index (χ3n) is 2.92. The molecule has 1 aromatic rings. The molecule has 1 rings (SSSR count). The molecule has 0 aromatic heterocycles. The molecular weight excluding hydrogens is 234 g/mol. The van der Waals surface area contributed by atoms with Gasteiger partial charge in [0, 0.05) is 16.1 Å². The molecule has 0 aliphatic rings. The maximum absolute atomic E-state index is 12.1. The molecule has 0 unspecified atom stereocenters. The van der Waals surface area contributed by atoms with Crippen molar-refractivity contribution in [3.63, 3.8) is 0 Å². The lowest BCUT2D eigenvalue weighted by atomic mass is 9.87. The van der Waals surface area contributed by atoms with Gasteiger partial charge in [-0.25, -0.2) is 0 Å². The predicted molar refractivity (Wildman–Crippen MR) is 73.5 cm³/mol. The number of halogens is 1. The molecule has 0 saturated carbocycles. The van der Waals surface area contributed by atoms with E-state index in [0.29, 0.717) is 5.02 Å². The standard InChI is InChI=1S/C14H20ClNO/c1-5-8-14(3,4)13(17)16-11-7-6-10(2)12(15)9-11/h6-7,9H,5,8H2,1-4H3,(H,16,17). The number of benzene rings is 1. The second-order valence-electron chi connectivity index (χ2n) is 5.05. The first kappa shape index (κ1) is 14.0. The van der Waals surface area contributed by atoms with Gasteiger partial charge < -0.3 is 5.32 Å². The number of carbonyl (C=O) groups is 1. The minimum Gasteiger partial charge on any atom is -0.326 e. The van der Waals surface area contributed by atoms with Crippen LogP contribution in [0.2, 0.25) is 5.02 Å². The van der Waals surface area contributed by atoms with Crippen LogP contribution in [0.4, 0.5) is 5.69 Å². The molecule has 0 fully saturated rings. The van der Waals surface area contributed by atoms with E-state index in [1.54, 1.807) is 6.07 Å². The van der Waals surface area contributed by atoms with E-state index in [0.717, 1.165) is 24.1 Å². The van der Waals surface area contributed by atoms with E-state index in [1.165, 1.54) is 0 Å². The summed E-state index contributed by atoms with van der Waals surface area (Å²) in [7, 11) is 0. The third kappa shape index (κ3) is 3.74. The Balaban J connectivity index is 2.77. The van der Waals surface area contributed by atoms with E-state index in [2.05, 4.69) is 12.2 Å². The van der Waals surface area contributed by atoms with E-state index in [1.807, 2.05) is 32.9 Å². The minimum atomic E-state index is -0.341. The van der Waals surface area contributed by atoms with Gasteiger partial charge in [-0.3, -0.25) is 4.79 Å². The van der Waals surface area contributed by atoms with Crippen LogP contribution >= 0.6 is 11.6 Å². The molecule has 2 nitrogen and oxygen atoms in total. The van der Waals surface area contributed by atoms with Gasteiger partial charge in [0.1, 0.15) is 0 Å². The first-order valence-corrected chi connectivity index (χ1v) is 6.32. The average molecular weight is 254 g/mol. The lowest BCUT2D eigenvalue weighted by Gasteiger charge is -2.23. The maximum atomic E-state index is 12.1. The summed E-state index contributed by atoms with van der Waals surface area (Å²) in [5.74, 6) is 0.0410. The summed E-state index contributed by atoms with van der Waals surface area (Å²) in [6.45, 7) is 7.94. The van der Waals surface area contributed by atoms with Gasteiger partial charge in [-0.1, -0.05) is 44.9 Å². The summed E-state index contributed by atoms with van der Waals surface area (Å²) in [5, 5.41) is 3.59. The highest BCUT2D eigenvalue weighted by atomic mass is 35.5. The van der Waals surface area contributed by atoms with Crippen LogP contribution in [-0.4, -0.2) is 5.91 Å². The Morgan fingerprint density at radius 1 is 1.41 bits per heavy atom. The lowest BCUT2D eigenvalue weighted by molar-refractivity contribution is -0.124. The van der Waals surface area contributed by atoms with Crippen LogP contribution < -0.4 is 5.32 Å². The first-order valence-electron chi connectivity index (χ1n) is 5.94. The molecule has 1 amide bonds. The number of nitrogens with one attached hydrogen (secondary N) is 1. The minimum absolute atomic E-state index is 0.0410. The molecule has 0 spiro atoms. The number of anilines is 1. The zero-order valence-corrected chi connectivity index (χ0v) is 11.7. The topological polar surface area (TPSA) is 29.1 Å². The normalized spacial score (nSPS) is 11.4. The van der Waals surface area contributed by atoms with Crippen LogP contribution in [0.1, 0.15) is 39.2 Å². The zero-order valence-electron chi connectivity index (χ0n) is 10.9. The Hall–Kier alpha value is -1.02. The van der Waals surface area contributed by atoms with Gasteiger partial charge in [0.05, 0.1) is 0 Å². The third-order valence-corrected chi connectivity index (χ3v) is 3.33. The van der Waals surface area contributed by atoms with Crippen molar-refractivity contribution in [1.29, 1.82) is 0 Å². The molecule has 0 heterocycles. The van der Waals surface area contributed by atoms with Crippen LogP contribution in [0.3, 0.4) is 0 Å². The highest BCUT2D eigenvalue weighted by Crippen LogP contribution is 2.26. The fourth-order valence-electron chi connectivity index (χ4n) is 1.71. The highest BCUT2D eigenvalue weighted by Gasteiger charge is 2.26. The van der Waals surface area contributed by atoms with Crippen molar-refractivity contribution in [3.05, 3.63) is 28.8 Å². The monoisotopic (exact) mass is 253 g/mol. The molecule has 94 valence electrons. The Morgan fingerprint density at radius 3 is 2.59 bits per heavy atom. The number of aryl methyl sites for hydroxylation is 1. The largest absolute Gasteiger partial charge is 0.326 e. The van der Waals surface area contributed by atoms with Crippen LogP contribution in [0.5, 0.6) is 0 Å². The Bertz CT molecular complexity index is 413. The molecular formula is C14H20ClNO. The number of rotatable bonds is 4. The van der Waals surface area contributed by atoms with Crippen molar-refractivity contribution in [2.75, 3.05) is 5.32 Å². The Kier molecular flexibility index (Phi) is 4.58. The van der Waals surface area contributed by atoms with Crippen molar-refractivity contribution < 1.29 is 4.79 Å². The molecule has 0 aliphatic carbocycles. The second kappa shape index (κ2) is 5.54. The summed E-state index contributed by atoms with van der Waals surface area (Å²) < 4.78 is 0. The highest BCUT2D eigenvalue weighted by molar-refractivity contribution is 6.31. The molecule has 17 heavy (non-hydrogen) atoms. The molecule has 0 atom stereocenters.